The lowest BCUT2D eigenvalue weighted by atomic mass is 10.0. The fraction of sp³-hybridized carbons (Fsp3) is 0.300. The van der Waals surface area contributed by atoms with Gasteiger partial charge in [0.25, 0.3) is 0 Å². The summed E-state index contributed by atoms with van der Waals surface area (Å²) in [6, 6.07) is 2.79. The predicted octanol–water partition coefficient (Wildman–Crippen LogP) is 1.87. The molecule has 0 amide bonds. The molecule has 0 saturated carbocycles. The van der Waals surface area contributed by atoms with Crippen LogP contribution in [-0.2, 0) is 6.42 Å². The van der Waals surface area contributed by atoms with Crippen LogP contribution >= 0.6 is 0 Å². The highest BCUT2D eigenvalue weighted by Crippen LogP contribution is 2.09. The fourth-order valence-corrected chi connectivity index (χ4v) is 1.14. The van der Waals surface area contributed by atoms with Crippen LogP contribution in [0.15, 0.2) is 18.2 Å². The summed E-state index contributed by atoms with van der Waals surface area (Å²) in [4.78, 5) is 0. The Labute approximate surface area is 81.2 Å². The third kappa shape index (κ3) is 2.88. The molecule has 0 spiro atoms. The quantitative estimate of drug-likeness (QED) is 0.716. The van der Waals surface area contributed by atoms with Crippen LogP contribution in [0.2, 0.25) is 0 Å². The van der Waals surface area contributed by atoms with Crippen LogP contribution in [-0.4, -0.2) is 11.8 Å². The first-order chi connectivity index (χ1) is 6.49. The average Bonchev–Trinajstić information content (AvgIpc) is 2.01. The van der Waals surface area contributed by atoms with Gasteiger partial charge in [0.05, 0.1) is 0 Å². The molecule has 1 aromatic carbocycles. The normalized spacial score (nSPS) is 12.6. The smallest absolute Gasteiger partial charge is 0.126 e. The van der Waals surface area contributed by atoms with Crippen LogP contribution < -0.4 is 5.73 Å². The van der Waals surface area contributed by atoms with Gasteiger partial charge in [-0.2, -0.15) is 0 Å². The number of benzene rings is 1. The van der Waals surface area contributed by atoms with Gasteiger partial charge in [0.1, 0.15) is 11.6 Å². The Morgan fingerprint density at radius 1 is 1.36 bits per heavy atom. The summed E-state index contributed by atoms with van der Waals surface area (Å²) in [5.74, 6) is -1.23. The van der Waals surface area contributed by atoms with Crippen molar-refractivity contribution in [3.05, 3.63) is 35.4 Å². The maximum Gasteiger partial charge on any atom is 0.126 e. The number of nitrogens with one attached hydrogen (secondary N) is 1. The van der Waals surface area contributed by atoms with Crippen molar-refractivity contribution in [2.45, 2.75) is 19.4 Å². The zero-order valence-electron chi connectivity index (χ0n) is 7.85. The van der Waals surface area contributed by atoms with E-state index in [1.165, 1.54) is 12.1 Å². The maximum absolute atomic E-state index is 12.7. The molecule has 3 N–H and O–H groups in total. The van der Waals surface area contributed by atoms with Crippen molar-refractivity contribution in [2.24, 2.45) is 5.73 Å². The zero-order chi connectivity index (χ0) is 10.7. The van der Waals surface area contributed by atoms with Gasteiger partial charge in [-0.05, 0) is 31.0 Å². The average molecular weight is 198 g/mol. The molecule has 76 valence electrons. The first kappa shape index (κ1) is 10.8. The molecule has 0 aliphatic carbocycles. The van der Waals surface area contributed by atoms with Crippen molar-refractivity contribution in [3.63, 3.8) is 0 Å². The van der Waals surface area contributed by atoms with Crippen molar-refractivity contribution in [3.8, 4) is 0 Å². The molecule has 0 aromatic heterocycles. The number of halogens is 2. The Morgan fingerprint density at radius 2 is 1.86 bits per heavy atom. The molecule has 1 rings (SSSR count). The van der Waals surface area contributed by atoms with E-state index in [1.54, 1.807) is 6.92 Å². The summed E-state index contributed by atoms with van der Waals surface area (Å²) in [6.07, 6.45) is 0.282. The van der Waals surface area contributed by atoms with Crippen LogP contribution in [0.4, 0.5) is 8.78 Å². The molecule has 0 heterocycles. The second-order valence-corrected chi connectivity index (χ2v) is 3.27. The third-order valence-corrected chi connectivity index (χ3v) is 1.93. The molecule has 2 nitrogen and oxygen atoms in total. The first-order valence-corrected chi connectivity index (χ1v) is 4.24. The summed E-state index contributed by atoms with van der Waals surface area (Å²) in [5, 5.41) is 7.24. The van der Waals surface area contributed by atoms with Crippen LogP contribution in [0.5, 0.6) is 0 Å². The Morgan fingerprint density at radius 3 is 2.29 bits per heavy atom. The Hall–Kier alpha value is -1.29. The molecule has 0 bridgehead atoms. The van der Waals surface area contributed by atoms with Gasteiger partial charge in [-0.25, -0.2) is 8.78 Å². The molecule has 1 atom stereocenters. The fourth-order valence-electron chi connectivity index (χ4n) is 1.14. The van der Waals surface area contributed by atoms with Crippen LogP contribution in [0, 0.1) is 17.0 Å². The molecule has 1 aromatic rings. The zero-order valence-corrected chi connectivity index (χ0v) is 7.85. The lowest BCUT2D eigenvalue weighted by Crippen LogP contribution is -2.30. The van der Waals surface area contributed by atoms with E-state index in [4.69, 9.17) is 11.1 Å². The van der Waals surface area contributed by atoms with E-state index in [-0.39, 0.29) is 6.42 Å². The second kappa shape index (κ2) is 4.28. The van der Waals surface area contributed by atoms with Crippen molar-refractivity contribution in [2.75, 3.05) is 0 Å². The molecule has 4 heteroatoms. The van der Waals surface area contributed by atoms with E-state index in [0.29, 0.717) is 11.3 Å². The van der Waals surface area contributed by atoms with E-state index in [0.717, 1.165) is 6.07 Å². The number of rotatable bonds is 3. The molecule has 14 heavy (non-hydrogen) atoms. The minimum absolute atomic E-state index is 0.282. The topological polar surface area (TPSA) is 49.9 Å². The van der Waals surface area contributed by atoms with E-state index >= 15 is 0 Å². The standard InChI is InChI=1S/C10H12F2N2/c1-6(13)10(14)4-7-2-8(11)5-9(12)3-7/h2-3,5,10,13H,4,14H2,1H3/t10-/m0/s1. The van der Waals surface area contributed by atoms with Crippen LogP contribution in [0.1, 0.15) is 12.5 Å². The van der Waals surface area contributed by atoms with Crippen molar-refractivity contribution >= 4 is 5.71 Å². The van der Waals surface area contributed by atoms with E-state index < -0.39 is 17.7 Å². The monoisotopic (exact) mass is 198 g/mol. The van der Waals surface area contributed by atoms with Crippen LogP contribution in [0.3, 0.4) is 0 Å². The van der Waals surface area contributed by atoms with Gasteiger partial charge >= 0.3 is 0 Å². The molecule has 0 saturated heterocycles. The number of hydrogen-bond donors (Lipinski definition) is 2. The highest BCUT2D eigenvalue weighted by atomic mass is 19.1. The van der Waals surface area contributed by atoms with Gasteiger partial charge < -0.3 is 11.1 Å². The van der Waals surface area contributed by atoms with Gasteiger partial charge in [0, 0.05) is 17.8 Å². The number of hydrogen-bond acceptors (Lipinski definition) is 2. The molecular formula is C10H12F2N2. The summed E-state index contributed by atoms with van der Waals surface area (Å²) >= 11 is 0. The Bertz CT molecular complexity index is 330. The van der Waals surface area contributed by atoms with Gasteiger partial charge in [-0.3, -0.25) is 0 Å². The van der Waals surface area contributed by atoms with E-state index in [9.17, 15) is 8.78 Å². The van der Waals surface area contributed by atoms with Crippen molar-refractivity contribution < 1.29 is 8.78 Å². The minimum Gasteiger partial charge on any atom is -0.323 e. The van der Waals surface area contributed by atoms with Gasteiger partial charge in [0.15, 0.2) is 0 Å². The predicted molar refractivity (Wildman–Crippen MR) is 51.4 cm³/mol. The van der Waals surface area contributed by atoms with E-state index in [2.05, 4.69) is 0 Å². The van der Waals surface area contributed by atoms with Gasteiger partial charge in [-0.1, -0.05) is 0 Å². The summed E-state index contributed by atoms with van der Waals surface area (Å²) < 4.78 is 25.5. The highest BCUT2D eigenvalue weighted by Gasteiger charge is 2.08. The second-order valence-electron chi connectivity index (χ2n) is 3.27. The number of nitrogens with two attached hydrogens (primary N) is 1. The summed E-state index contributed by atoms with van der Waals surface area (Å²) in [6.45, 7) is 1.57. The molecule has 0 fully saturated rings. The summed E-state index contributed by atoms with van der Waals surface area (Å²) in [7, 11) is 0. The minimum atomic E-state index is -0.616. The Kier molecular flexibility index (Phi) is 3.30. The van der Waals surface area contributed by atoms with E-state index in [1.807, 2.05) is 0 Å². The maximum atomic E-state index is 12.7. The highest BCUT2D eigenvalue weighted by molar-refractivity contribution is 5.84. The molecule has 0 unspecified atom stereocenters. The van der Waals surface area contributed by atoms with Gasteiger partial charge in [0.2, 0.25) is 0 Å². The van der Waals surface area contributed by atoms with Gasteiger partial charge in [-0.15, -0.1) is 0 Å². The Balaban J connectivity index is 2.81. The third-order valence-electron chi connectivity index (χ3n) is 1.93. The SMILES string of the molecule is CC(=N)[C@@H](N)Cc1cc(F)cc(F)c1. The van der Waals surface area contributed by atoms with Crippen molar-refractivity contribution in [1.29, 1.82) is 5.41 Å². The summed E-state index contributed by atoms with van der Waals surface area (Å²) in [5.41, 5.74) is 6.35. The van der Waals surface area contributed by atoms with Crippen molar-refractivity contribution in [1.82, 2.24) is 0 Å². The largest absolute Gasteiger partial charge is 0.323 e. The molecule has 0 aliphatic rings. The lowest BCUT2D eigenvalue weighted by molar-refractivity contribution is 0.578. The lowest BCUT2D eigenvalue weighted by Gasteiger charge is -2.09. The van der Waals surface area contributed by atoms with Crippen LogP contribution in [0.25, 0.3) is 0 Å². The molecule has 0 radical (unpaired) electrons. The molecular weight excluding hydrogens is 186 g/mol. The first-order valence-electron chi connectivity index (χ1n) is 4.24. The molecule has 0 aliphatic heterocycles.